The van der Waals surface area contributed by atoms with Crippen molar-refractivity contribution in [2.45, 2.75) is 25.8 Å². The molecule has 1 amide bonds. The first kappa shape index (κ1) is 15.6. The Balaban J connectivity index is 2.22. The van der Waals surface area contributed by atoms with Crippen molar-refractivity contribution >= 4 is 5.91 Å². The van der Waals surface area contributed by atoms with E-state index in [1.807, 2.05) is 4.90 Å². The van der Waals surface area contributed by atoms with Crippen molar-refractivity contribution in [1.82, 2.24) is 10.2 Å². The minimum absolute atomic E-state index is 0.0349. The van der Waals surface area contributed by atoms with Gasteiger partial charge in [0.05, 0.1) is 14.2 Å². The lowest BCUT2D eigenvalue weighted by Crippen LogP contribution is -2.47. The van der Waals surface area contributed by atoms with Gasteiger partial charge in [0, 0.05) is 24.2 Å². The van der Waals surface area contributed by atoms with E-state index >= 15 is 0 Å². The molecule has 1 fully saturated rings. The number of methoxy groups -OCH3 is 2. The second-order valence-electron chi connectivity index (χ2n) is 5.96. The van der Waals surface area contributed by atoms with Crippen LogP contribution in [0.15, 0.2) is 18.2 Å². The van der Waals surface area contributed by atoms with Crippen LogP contribution in [0, 0.1) is 0 Å². The number of hydrogen-bond acceptors (Lipinski definition) is 4. The summed E-state index contributed by atoms with van der Waals surface area (Å²) >= 11 is 0. The second kappa shape index (κ2) is 6.35. The monoisotopic (exact) mass is 292 g/mol. The van der Waals surface area contributed by atoms with Crippen molar-refractivity contribution in [3.05, 3.63) is 23.8 Å². The molecule has 21 heavy (non-hydrogen) atoms. The predicted molar refractivity (Wildman–Crippen MR) is 82.1 cm³/mol. The maximum absolute atomic E-state index is 12.7. The van der Waals surface area contributed by atoms with Crippen LogP contribution in [0.2, 0.25) is 0 Å². The van der Waals surface area contributed by atoms with Gasteiger partial charge in [0.25, 0.3) is 5.91 Å². The number of hydrogen-bond donors (Lipinski definition) is 1. The van der Waals surface area contributed by atoms with E-state index in [-0.39, 0.29) is 11.4 Å². The first-order valence-corrected chi connectivity index (χ1v) is 7.23. The Labute approximate surface area is 126 Å². The molecule has 1 N–H and O–H groups in total. The molecule has 1 heterocycles. The molecule has 1 aromatic rings. The molecule has 0 aliphatic carbocycles. The molecule has 0 radical (unpaired) electrons. The van der Waals surface area contributed by atoms with Gasteiger partial charge in [0.2, 0.25) is 0 Å². The topological polar surface area (TPSA) is 50.8 Å². The fourth-order valence-corrected chi connectivity index (χ4v) is 2.63. The van der Waals surface area contributed by atoms with Crippen LogP contribution in [0.1, 0.15) is 30.6 Å². The Morgan fingerprint density at radius 2 is 1.95 bits per heavy atom. The maximum atomic E-state index is 12.7. The van der Waals surface area contributed by atoms with Gasteiger partial charge >= 0.3 is 0 Å². The molecule has 5 heteroatoms. The van der Waals surface area contributed by atoms with Crippen LogP contribution < -0.4 is 14.8 Å². The van der Waals surface area contributed by atoms with E-state index in [0.29, 0.717) is 23.6 Å². The molecule has 1 aromatic carbocycles. The molecule has 0 bridgehead atoms. The van der Waals surface area contributed by atoms with Crippen LogP contribution in [0.3, 0.4) is 0 Å². The van der Waals surface area contributed by atoms with E-state index < -0.39 is 0 Å². The highest BCUT2D eigenvalue weighted by atomic mass is 16.5. The Bertz CT molecular complexity index is 514. The van der Waals surface area contributed by atoms with Gasteiger partial charge in [-0.25, -0.2) is 0 Å². The van der Waals surface area contributed by atoms with Gasteiger partial charge in [-0.2, -0.15) is 0 Å². The van der Waals surface area contributed by atoms with Crippen molar-refractivity contribution in [3.8, 4) is 11.5 Å². The van der Waals surface area contributed by atoms with Gasteiger partial charge in [-0.1, -0.05) is 0 Å². The highest BCUT2D eigenvalue weighted by Crippen LogP contribution is 2.28. The third-order valence-corrected chi connectivity index (χ3v) is 3.71. The zero-order chi connectivity index (χ0) is 15.5. The molecular formula is C16H24N2O3. The first-order valence-electron chi connectivity index (χ1n) is 7.23. The van der Waals surface area contributed by atoms with Crippen LogP contribution in [0.4, 0.5) is 0 Å². The van der Waals surface area contributed by atoms with Gasteiger partial charge in [-0.3, -0.25) is 4.79 Å². The van der Waals surface area contributed by atoms with Crippen molar-refractivity contribution in [1.29, 1.82) is 0 Å². The highest BCUT2D eigenvalue weighted by molar-refractivity contribution is 5.95. The molecule has 0 aromatic heterocycles. The number of benzene rings is 1. The number of nitrogens with one attached hydrogen (secondary N) is 1. The molecule has 116 valence electrons. The normalized spacial score (nSPS) is 18.0. The third-order valence-electron chi connectivity index (χ3n) is 3.71. The van der Waals surface area contributed by atoms with Crippen LogP contribution in [0.25, 0.3) is 0 Å². The van der Waals surface area contributed by atoms with Gasteiger partial charge in [-0.05, 0) is 45.0 Å². The molecule has 0 unspecified atom stereocenters. The Morgan fingerprint density at radius 1 is 1.24 bits per heavy atom. The molecule has 1 saturated heterocycles. The van der Waals surface area contributed by atoms with E-state index in [1.165, 1.54) is 0 Å². The Hall–Kier alpha value is -1.75. The first-order chi connectivity index (χ1) is 9.96. The van der Waals surface area contributed by atoms with Crippen LogP contribution >= 0.6 is 0 Å². The molecule has 1 aliphatic heterocycles. The van der Waals surface area contributed by atoms with Crippen LogP contribution in [0.5, 0.6) is 11.5 Å². The third kappa shape index (κ3) is 3.67. The van der Waals surface area contributed by atoms with Gasteiger partial charge in [0.1, 0.15) is 0 Å². The number of nitrogens with zero attached hydrogens (tertiary/aromatic N) is 1. The number of carbonyl (C=O) groups excluding carboxylic acids is 1. The van der Waals surface area contributed by atoms with Crippen molar-refractivity contribution in [3.63, 3.8) is 0 Å². The fraction of sp³-hybridized carbons (Fsp3) is 0.562. The van der Waals surface area contributed by atoms with E-state index in [2.05, 4.69) is 19.2 Å². The molecule has 5 nitrogen and oxygen atoms in total. The number of rotatable bonds is 3. The average Bonchev–Trinajstić information content (AvgIpc) is 2.66. The molecule has 0 saturated carbocycles. The zero-order valence-corrected chi connectivity index (χ0v) is 13.2. The smallest absolute Gasteiger partial charge is 0.254 e. The van der Waals surface area contributed by atoms with Crippen molar-refractivity contribution in [2.75, 3.05) is 33.9 Å². The Morgan fingerprint density at radius 3 is 2.62 bits per heavy atom. The minimum atomic E-state index is -0.0667. The van der Waals surface area contributed by atoms with Gasteiger partial charge in [0.15, 0.2) is 11.5 Å². The summed E-state index contributed by atoms with van der Waals surface area (Å²) in [6, 6.07) is 5.30. The van der Waals surface area contributed by atoms with Crippen molar-refractivity contribution < 1.29 is 14.3 Å². The summed E-state index contributed by atoms with van der Waals surface area (Å²) < 4.78 is 10.5. The number of carbonyl (C=O) groups is 1. The summed E-state index contributed by atoms with van der Waals surface area (Å²) in [5.41, 5.74) is 0.563. The summed E-state index contributed by atoms with van der Waals surface area (Å²) in [4.78, 5) is 14.6. The molecule has 2 rings (SSSR count). The predicted octanol–water partition coefficient (Wildman–Crippen LogP) is 1.92. The maximum Gasteiger partial charge on any atom is 0.254 e. The van der Waals surface area contributed by atoms with Crippen LogP contribution in [-0.2, 0) is 0 Å². The summed E-state index contributed by atoms with van der Waals surface area (Å²) in [6.07, 6.45) is 0.961. The molecule has 0 spiro atoms. The zero-order valence-electron chi connectivity index (χ0n) is 13.2. The lowest BCUT2D eigenvalue weighted by molar-refractivity contribution is 0.0732. The van der Waals surface area contributed by atoms with E-state index in [1.54, 1.807) is 32.4 Å². The van der Waals surface area contributed by atoms with Gasteiger partial charge < -0.3 is 19.7 Å². The minimum Gasteiger partial charge on any atom is -0.493 e. The van der Waals surface area contributed by atoms with Crippen molar-refractivity contribution in [2.24, 2.45) is 0 Å². The second-order valence-corrected chi connectivity index (χ2v) is 5.96. The summed E-state index contributed by atoms with van der Waals surface area (Å²) in [6.45, 7) is 6.63. The SMILES string of the molecule is COc1ccc(C(=O)N2CCCNC(C)(C)C2)cc1OC. The molecule has 1 aliphatic rings. The number of amides is 1. The summed E-state index contributed by atoms with van der Waals surface area (Å²) in [5.74, 6) is 1.25. The Kier molecular flexibility index (Phi) is 4.73. The summed E-state index contributed by atoms with van der Waals surface area (Å²) in [5, 5.41) is 3.46. The lowest BCUT2D eigenvalue weighted by atomic mass is 10.0. The average molecular weight is 292 g/mol. The summed E-state index contributed by atoms with van der Waals surface area (Å²) in [7, 11) is 3.16. The highest BCUT2D eigenvalue weighted by Gasteiger charge is 2.27. The largest absolute Gasteiger partial charge is 0.493 e. The van der Waals surface area contributed by atoms with Crippen LogP contribution in [-0.4, -0.2) is 50.2 Å². The quantitative estimate of drug-likeness (QED) is 0.924. The number of ether oxygens (including phenoxy) is 2. The fourth-order valence-electron chi connectivity index (χ4n) is 2.63. The standard InChI is InChI=1S/C16H24N2O3/c1-16(2)11-18(9-5-8-17-16)15(19)12-6-7-13(20-3)14(10-12)21-4/h6-7,10,17H,5,8-9,11H2,1-4H3. The van der Waals surface area contributed by atoms with Gasteiger partial charge in [-0.15, -0.1) is 0 Å². The van der Waals surface area contributed by atoms with E-state index in [4.69, 9.17) is 9.47 Å². The molecule has 0 atom stereocenters. The van der Waals surface area contributed by atoms with E-state index in [9.17, 15) is 4.79 Å². The van der Waals surface area contributed by atoms with E-state index in [0.717, 1.165) is 19.5 Å². The lowest BCUT2D eigenvalue weighted by Gasteiger charge is -2.30. The molecular weight excluding hydrogens is 268 g/mol.